The lowest BCUT2D eigenvalue weighted by Crippen LogP contribution is -2.50. The molecule has 0 radical (unpaired) electrons. The van der Waals surface area contributed by atoms with Gasteiger partial charge in [0.25, 0.3) is 0 Å². The fourth-order valence-electron chi connectivity index (χ4n) is 7.01. The van der Waals surface area contributed by atoms with E-state index in [-0.39, 0.29) is 29.6 Å². The van der Waals surface area contributed by atoms with E-state index in [1.54, 1.807) is 0 Å². The predicted octanol–water partition coefficient (Wildman–Crippen LogP) is 5.74. The second kappa shape index (κ2) is 7.78. The van der Waals surface area contributed by atoms with E-state index in [0.29, 0.717) is 11.8 Å². The van der Waals surface area contributed by atoms with Crippen LogP contribution in [-0.4, -0.2) is 30.2 Å². The van der Waals surface area contributed by atoms with E-state index in [1.165, 1.54) is 66.7 Å². The Morgan fingerprint density at radius 1 is 0.867 bits per heavy atom. The van der Waals surface area contributed by atoms with Crippen molar-refractivity contribution in [2.75, 3.05) is 18.1 Å². The minimum Gasteiger partial charge on any atom is -0.481 e. The largest absolute Gasteiger partial charge is 0.481 e. The summed E-state index contributed by atoms with van der Waals surface area (Å²) < 4.78 is 12.0. The molecule has 4 aliphatic carbocycles. The van der Waals surface area contributed by atoms with E-state index in [4.69, 9.17) is 9.47 Å². The maximum absolute atomic E-state index is 12.7. The monoisotopic (exact) mass is 424 g/mol. The Hall–Kier alpha value is -1.68. The second-order valence-corrected chi connectivity index (χ2v) is 12.5. The van der Waals surface area contributed by atoms with Crippen LogP contribution in [0.4, 0.5) is 0 Å². The van der Waals surface area contributed by atoms with Crippen molar-refractivity contribution in [3.05, 3.63) is 36.4 Å². The second-order valence-electron chi connectivity index (χ2n) is 10.00. The molecule has 1 saturated heterocycles. The van der Waals surface area contributed by atoms with Gasteiger partial charge in [-0.3, -0.25) is 0 Å². The highest BCUT2D eigenvalue weighted by Crippen LogP contribution is 2.54. The fourth-order valence-corrected chi connectivity index (χ4v) is 9.74. The van der Waals surface area contributed by atoms with Crippen LogP contribution < -0.4 is 4.74 Å². The third kappa shape index (κ3) is 3.41. The number of fused-ring (bicyclic) bond motifs is 1. The number of rotatable bonds is 5. The Bertz CT molecular complexity index is 920. The number of hydrogen-bond acceptors (Lipinski definition) is 3. The van der Waals surface area contributed by atoms with Crippen molar-refractivity contribution in [1.82, 2.24) is 0 Å². The first-order valence-corrected chi connectivity index (χ1v) is 13.5. The van der Waals surface area contributed by atoms with Gasteiger partial charge >= 0.3 is 5.97 Å². The third-order valence-corrected chi connectivity index (χ3v) is 10.8. The maximum atomic E-state index is 12.7. The molecule has 0 spiro atoms. The third-order valence-electron chi connectivity index (χ3n) is 8.06. The van der Waals surface area contributed by atoms with E-state index in [9.17, 15) is 4.79 Å². The average molecular weight is 425 g/mol. The summed E-state index contributed by atoms with van der Waals surface area (Å²) in [4.78, 5) is 14.2. The van der Waals surface area contributed by atoms with E-state index >= 15 is 0 Å². The first-order chi connectivity index (χ1) is 14.7. The Labute approximate surface area is 181 Å². The summed E-state index contributed by atoms with van der Waals surface area (Å²) in [6, 6.07) is 12.8. The van der Waals surface area contributed by atoms with Crippen molar-refractivity contribution in [2.24, 2.45) is 23.7 Å². The van der Waals surface area contributed by atoms with Crippen molar-refractivity contribution in [3.8, 4) is 5.75 Å². The zero-order valence-corrected chi connectivity index (χ0v) is 18.5. The SMILES string of the molecule is O=C(COc1ccc([SH]2CCCC2)c2ccccc12)OC1C2CC3CC(C2)CC1C3. The lowest BCUT2D eigenvalue weighted by molar-refractivity contribution is -0.172. The van der Waals surface area contributed by atoms with Gasteiger partial charge in [0.1, 0.15) is 11.9 Å². The van der Waals surface area contributed by atoms with Crippen LogP contribution in [0.25, 0.3) is 10.8 Å². The topological polar surface area (TPSA) is 35.5 Å². The van der Waals surface area contributed by atoms with Gasteiger partial charge < -0.3 is 9.47 Å². The summed E-state index contributed by atoms with van der Waals surface area (Å²) in [6.07, 6.45) is 9.33. The molecule has 30 heavy (non-hydrogen) atoms. The molecule has 2 aromatic carbocycles. The summed E-state index contributed by atoms with van der Waals surface area (Å²) in [5.74, 6) is 6.29. The minimum atomic E-state index is -0.194. The van der Waals surface area contributed by atoms with Crippen LogP contribution in [0.5, 0.6) is 5.75 Å². The van der Waals surface area contributed by atoms with Gasteiger partial charge in [0.2, 0.25) is 0 Å². The van der Waals surface area contributed by atoms with Gasteiger partial charge in [0.05, 0.1) is 0 Å². The number of benzene rings is 2. The van der Waals surface area contributed by atoms with Crippen LogP contribution in [-0.2, 0) is 9.53 Å². The van der Waals surface area contributed by atoms with Gasteiger partial charge in [-0.2, -0.15) is 0 Å². The molecule has 4 saturated carbocycles. The first-order valence-electron chi connectivity index (χ1n) is 11.8. The van der Waals surface area contributed by atoms with E-state index in [2.05, 4.69) is 36.4 Å². The standard InChI is InChI=1S/C26H32O3S/c27-25(29-26-19-12-17-11-18(14-19)15-20(26)13-17)16-28-23-7-8-24(30-9-3-4-10-30)22-6-2-1-5-21(22)23/h1-2,5-8,17-20,26,30H,3-4,9-16H2. The summed E-state index contributed by atoms with van der Waals surface area (Å²) in [5, 5.41) is 2.43. The summed E-state index contributed by atoms with van der Waals surface area (Å²) >= 11 is 0. The zero-order chi connectivity index (χ0) is 20.1. The minimum absolute atomic E-state index is 0.0148. The molecule has 0 N–H and O–H groups in total. The van der Waals surface area contributed by atoms with Gasteiger partial charge in [0.15, 0.2) is 6.61 Å². The molecule has 5 aliphatic rings. The molecule has 0 atom stereocenters. The summed E-state index contributed by atoms with van der Waals surface area (Å²) in [5.41, 5.74) is 0. The highest BCUT2D eigenvalue weighted by molar-refractivity contribution is 8.17. The van der Waals surface area contributed by atoms with Crippen LogP contribution in [0.3, 0.4) is 0 Å². The van der Waals surface area contributed by atoms with E-state index in [0.717, 1.165) is 23.0 Å². The molecule has 7 rings (SSSR count). The van der Waals surface area contributed by atoms with Crippen molar-refractivity contribution in [3.63, 3.8) is 0 Å². The number of carbonyl (C=O) groups is 1. The smallest absolute Gasteiger partial charge is 0.344 e. The molecular weight excluding hydrogens is 392 g/mol. The Kier molecular flexibility index (Phi) is 4.94. The zero-order valence-electron chi connectivity index (χ0n) is 17.6. The van der Waals surface area contributed by atoms with Crippen molar-refractivity contribution in [2.45, 2.75) is 55.9 Å². The normalized spacial score (nSPS) is 33.2. The van der Waals surface area contributed by atoms with Gasteiger partial charge in [-0.25, -0.2) is 15.7 Å². The number of thiol groups is 1. The van der Waals surface area contributed by atoms with E-state index in [1.807, 2.05) is 0 Å². The lowest BCUT2D eigenvalue weighted by Gasteiger charge is -2.53. The van der Waals surface area contributed by atoms with Gasteiger partial charge in [-0.15, -0.1) is 0 Å². The summed E-state index contributed by atoms with van der Waals surface area (Å²) in [7, 11) is -0.0391. The van der Waals surface area contributed by atoms with Crippen LogP contribution >= 0.6 is 10.9 Å². The molecule has 160 valence electrons. The quantitative estimate of drug-likeness (QED) is 0.491. The fraction of sp³-hybridized carbons (Fsp3) is 0.577. The Morgan fingerprint density at radius 3 is 2.23 bits per heavy atom. The Balaban J connectivity index is 1.15. The van der Waals surface area contributed by atoms with Gasteiger partial charge in [-0.05, 0) is 103 Å². The van der Waals surface area contributed by atoms with Crippen LogP contribution in [0, 0.1) is 23.7 Å². The molecule has 0 amide bonds. The molecule has 3 nitrogen and oxygen atoms in total. The highest BCUT2D eigenvalue weighted by atomic mass is 32.2. The van der Waals surface area contributed by atoms with Crippen LogP contribution in [0.15, 0.2) is 41.3 Å². The number of hydrogen-bond donors (Lipinski definition) is 1. The van der Waals surface area contributed by atoms with Crippen molar-refractivity contribution in [1.29, 1.82) is 0 Å². The first kappa shape index (κ1) is 19.0. The molecule has 4 heteroatoms. The molecular formula is C26H32O3S. The molecule has 5 fully saturated rings. The highest BCUT2D eigenvalue weighted by Gasteiger charge is 2.49. The molecule has 0 unspecified atom stereocenters. The van der Waals surface area contributed by atoms with Crippen LogP contribution in [0.2, 0.25) is 0 Å². The molecule has 4 bridgehead atoms. The number of ether oxygens (including phenoxy) is 2. The van der Waals surface area contributed by atoms with E-state index < -0.39 is 0 Å². The Morgan fingerprint density at radius 2 is 1.53 bits per heavy atom. The predicted molar refractivity (Wildman–Crippen MR) is 123 cm³/mol. The summed E-state index contributed by atoms with van der Waals surface area (Å²) in [6.45, 7) is 0.0148. The maximum Gasteiger partial charge on any atom is 0.344 e. The molecule has 1 aliphatic heterocycles. The lowest BCUT2D eigenvalue weighted by atomic mass is 9.55. The van der Waals surface area contributed by atoms with Crippen LogP contribution in [0.1, 0.15) is 44.9 Å². The molecule has 1 heterocycles. The average Bonchev–Trinajstić information content (AvgIpc) is 3.28. The number of esters is 1. The van der Waals surface area contributed by atoms with Gasteiger partial charge in [0, 0.05) is 5.39 Å². The molecule has 0 aromatic heterocycles. The molecule has 2 aromatic rings. The van der Waals surface area contributed by atoms with Crippen molar-refractivity contribution < 1.29 is 14.3 Å². The number of carbonyl (C=O) groups excluding carboxylic acids is 1. The van der Waals surface area contributed by atoms with Crippen molar-refractivity contribution >= 4 is 27.6 Å². The van der Waals surface area contributed by atoms with Gasteiger partial charge in [-0.1, -0.05) is 24.3 Å².